The zero-order valence-corrected chi connectivity index (χ0v) is 15.3. The van der Waals surface area contributed by atoms with Crippen LogP contribution in [0.4, 0.5) is 5.82 Å². The van der Waals surface area contributed by atoms with Crippen molar-refractivity contribution >= 4 is 11.7 Å². The summed E-state index contributed by atoms with van der Waals surface area (Å²) in [7, 11) is 1.63. The highest BCUT2D eigenvalue weighted by Crippen LogP contribution is 2.39. The van der Waals surface area contributed by atoms with E-state index in [9.17, 15) is 4.79 Å². The first-order valence-corrected chi connectivity index (χ1v) is 9.00. The van der Waals surface area contributed by atoms with Crippen LogP contribution in [0.3, 0.4) is 0 Å². The molecule has 0 radical (unpaired) electrons. The minimum absolute atomic E-state index is 0.107. The summed E-state index contributed by atoms with van der Waals surface area (Å²) in [6.45, 7) is 5.15. The summed E-state index contributed by atoms with van der Waals surface area (Å²) in [5.41, 5.74) is 4.45. The number of rotatable bonds is 5. The molecule has 2 aliphatic rings. The van der Waals surface area contributed by atoms with E-state index in [2.05, 4.69) is 20.6 Å². The Bertz CT molecular complexity index is 877. The molecule has 1 aliphatic heterocycles. The first kappa shape index (κ1) is 16.8. The summed E-state index contributed by atoms with van der Waals surface area (Å²) in [5, 5.41) is 6.29. The topological polar surface area (TPSA) is 89.0 Å². The van der Waals surface area contributed by atoms with Gasteiger partial charge in [0.2, 0.25) is 5.88 Å². The molecule has 2 aromatic heterocycles. The predicted octanol–water partition coefficient (Wildman–Crippen LogP) is 2.27. The SMILES string of the molecule is COc1nc(C)cc(C)c1CNc1nc(C2CC2)nc2c1CCNC2=O. The van der Waals surface area contributed by atoms with E-state index in [1.165, 1.54) is 0 Å². The van der Waals surface area contributed by atoms with Gasteiger partial charge < -0.3 is 15.4 Å². The monoisotopic (exact) mass is 353 g/mol. The number of anilines is 1. The van der Waals surface area contributed by atoms with Gasteiger partial charge in [-0.25, -0.2) is 15.0 Å². The van der Waals surface area contributed by atoms with E-state index < -0.39 is 0 Å². The molecule has 0 atom stereocenters. The fraction of sp³-hybridized carbons (Fsp3) is 0.474. The van der Waals surface area contributed by atoms with Crippen LogP contribution in [0.2, 0.25) is 0 Å². The van der Waals surface area contributed by atoms with E-state index in [0.717, 1.165) is 53.3 Å². The molecule has 7 heteroatoms. The van der Waals surface area contributed by atoms with Crippen molar-refractivity contribution in [3.8, 4) is 5.88 Å². The highest BCUT2D eigenvalue weighted by atomic mass is 16.5. The summed E-state index contributed by atoms with van der Waals surface area (Å²) in [6, 6.07) is 2.04. The fourth-order valence-corrected chi connectivity index (χ4v) is 3.37. The van der Waals surface area contributed by atoms with Gasteiger partial charge in [0.25, 0.3) is 5.91 Å². The maximum Gasteiger partial charge on any atom is 0.270 e. The number of pyridine rings is 1. The number of aromatic nitrogens is 3. The number of carbonyl (C=O) groups excluding carboxylic acids is 1. The van der Waals surface area contributed by atoms with Crippen LogP contribution in [0, 0.1) is 13.8 Å². The third-order valence-electron chi connectivity index (χ3n) is 4.91. The number of aryl methyl sites for hydroxylation is 2. The molecule has 0 bridgehead atoms. The predicted molar refractivity (Wildman–Crippen MR) is 97.6 cm³/mol. The Morgan fingerprint density at radius 2 is 2.08 bits per heavy atom. The highest BCUT2D eigenvalue weighted by molar-refractivity contribution is 5.96. The maximum absolute atomic E-state index is 12.2. The molecule has 1 saturated carbocycles. The fourth-order valence-electron chi connectivity index (χ4n) is 3.37. The molecule has 1 fully saturated rings. The van der Waals surface area contributed by atoms with E-state index in [1.807, 2.05) is 19.9 Å². The molecular weight excluding hydrogens is 330 g/mol. The number of methoxy groups -OCH3 is 1. The first-order valence-electron chi connectivity index (χ1n) is 9.00. The molecule has 1 aliphatic carbocycles. The number of hydrogen-bond acceptors (Lipinski definition) is 6. The Hall–Kier alpha value is -2.70. The lowest BCUT2D eigenvalue weighted by Gasteiger charge is -2.21. The quantitative estimate of drug-likeness (QED) is 0.857. The second kappa shape index (κ2) is 6.55. The smallest absolute Gasteiger partial charge is 0.270 e. The lowest BCUT2D eigenvalue weighted by atomic mass is 10.1. The second-order valence-corrected chi connectivity index (χ2v) is 6.96. The summed E-state index contributed by atoms with van der Waals surface area (Å²) < 4.78 is 5.45. The van der Waals surface area contributed by atoms with Gasteiger partial charge in [0.05, 0.1) is 7.11 Å². The van der Waals surface area contributed by atoms with Crippen molar-refractivity contribution in [1.82, 2.24) is 20.3 Å². The molecule has 0 saturated heterocycles. The Morgan fingerprint density at radius 1 is 1.27 bits per heavy atom. The van der Waals surface area contributed by atoms with Crippen LogP contribution in [0.5, 0.6) is 5.88 Å². The van der Waals surface area contributed by atoms with Gasteiger partial charge in [-0.15, -0.1) is 0 Å². The Labute approximate surface area is 152 Å². The van der Waals surface area contributed by atoms with E-state index in [0.29, 0.717) is 30.6 Å². The van der Waals surface area contributed by atoms with Crippen molar-refractivity contribution < 1.29 is 9.53 Å². The highest BCUT2D eigenvalue weighted by Gasteiger charge is 2.31. The van der Waals surface area contributed by atoms with Crippen LogP contribution in [-0.4, -0.2) is 34.5 Å². The molecule has 4 rings (SSSR count). The molecule has 2 aromatic rings. The van der Waals surface area contributed by atoms with Gasteiger partial charge in [-0.3, -0.25) is 4.79 Å². The van der Waals surface area contributed by atoms with Gasteiger partial charge in [-0.2, -0.15) is 0 Å². The van der Waals surface area contributed by atoms with Crippen molar-refractivity contribution in [3.63, 3.8) is 0 Å². The number of ether oxygens (including phenoxy) is 1. The second-order valence-electron chi connectivity index (χ2n) is 6.96. The van der Waals surface area contributed by atoms with E-state index in [-0.39, 0.29) is 5.91 Å². The number of amides is 1. The molecule has 0 spiro atoms. The van der Waals surface area contributed by atoms with Crippen molar-refractivity contribution in [3.05, 3.63) is 40.0 Å². The van der Waals surface area contributed by atoms with Crippen molar-refractivity contribution in [2.45, 2.75) is 45.6 Å². The van der Waals surface area contributed by atoms with E-state index in [4.69, 9.17) is 9.72 Å². The molecule has 3 heterocycles. The average Bonchev–Trinajstić information content (AvgIpc) is 3.45. The molecule has 1 amide bonds. The third-order valence-corrected chi connectivity index (χ3v) is 4.91. The Morgan fingerprint density at radius 3 is 2.81 bits per heavy atom. The number of nitrogens with zero attached hydrogens (tertiary/aromatic N) is 3. The van der Waals surface area contributed by atoms with Gasteiger partial charge in [-0.05, 0) is 44.7 Å². The van der Waals surface area contributed by atoms with Gasteiger partial charge >= 0.3 is 0 Å². The van der Waals surface area contributed by atoms with Crippen LogP contribution in [0.1, 0.15) is 57.5 Å². The Kier molecular flexibility index (Phi) is 4.22. The minimum Gasteiger partial charge on any atom is -0.481 e. The van der Waals surface area contributed by atoms with Crippen LogP contribution >= 0.6 is 0 Å². The van der Waals surface area contributed by atoms with Gasteiger partial charge in [0.15, 0.2) is 0 Å². The van der Waals surface area contributed by atoms with Crippen LogP contribution in [0.15, 0.2) is 6.07 Å². The molecule has 136 valence electrons. The van der Waals surface area contributed by atoms with Gasteiger partial charge in [0.1, 0.15) is 17.3 Å². The molecule has 26 heavy (non-hydrogen) atoms. The maximum atomic E-state index is 12.2. The molecule has 2 N–H and O–H groups in total. The number of hydrogen-bond donors (Lipinski definition) is 2. The standard InChI is InChI=1S/C19H23N5O2/c1-10-8-11(2)22-19(26-3)14(10)9-21-17-13-6-7-20-18(25)15(13)23-16(24-17)12-4-5-12/h8,12H,4-7,9H2,1-3H3,(H,20,25)(H,21,23,24). The average molecular weight is 353 g/mol. The van der Waals surface area contributed by atoms with E-state index in [1.54, 1.807) is 7.11 Å². The lowest BCUT2D eigenvalue weighted by Crippen LogP contribution is -2.34. The normalized spacial score (nSPS) is 16.0. The zero-order chi connectivity index (χ0) is 18.3. The summed E-state index contributed by atoms with van der Waals surface area (Å²) >= 11 is 0. The van der Waals surface area contributed by atoms with Crippen molar-refractivity contribution in [1.29, 1.82) is 0 Å². The van der Waals surface area contributed by atoms with Crippen molar-refractivity contribution in [2.24, 2.45) is 0 Å². The molecule has 7 nitrogen and oxygen atoms in total. The molecule has 0 aromatic carbocycles. The van der Waals surface area contributed by atoms with E-state index >= 15 is 0 Å². The summed E-state index contributed by atoms with van der Waals surface area (Å²) in [5.74, 6) is 2.43. The minimum atomic E-state index is -0.107. The molecular formula is C19H23N5O2. The third kappa shape index (κ3) is 3.09. The zero-order valence-electron chi connectivity index (χ0n) is 15.3. The Balaban J connectivity index is 1.67. The van der Waals surface area contributed by atoms with Gasteiger partial charge in [0, 0.05) is 35.8 Å². The number of nitrogens with one attached hydrogen (secondary N) is 2. The van der Waals surface area contributed by atoms with Crippen molar-refractivity contribution in [2.75, 3.05) is 19.0 Å². The number of fused-ring (bicyclic) bond motifs is 1. The summed E-state index contributed by atoms with van der Waals surface area (Å²) in [6.07, 6.45) is 2.92. The number of carbonyl (C=O) groups is 1. The lowest BCUT2D eigenvalue weighted by molar-refractivity contribution is 0.0940. The largest absolute Gasteiger partial charge is 0.481 e. The first-order chi connectivity index (χ1) is 12.6. The van der Waals surface area contributed by atoms with Crippen LogP contribution in [0.25, 0.3) is 0 Å². The molecule has 0 unspecified atom stereocenters. The van der Waals surface area contributed by atoms with Gasteiger partial charge in [-0.1, -0.05) is 0 Å². The van der Waals surface area contributed by atoms with Crippen LogP contribution in [-0.2, 0) is 13.0 Å². The summed E-state index contributed by atoms with van der Waals surface area (Å²) in [4.78, 5) is 26.0. The van der Waals surface area contributed by atoms with Crippen LogP contribution < -0.4 is 15.4 Å².